The number of amides is 1. The third kappa shape index (κ3) is 3.32. The zero-order valence-corrected chi connectivity index (χ0v) is 12.7. The number of rotatable bonds is 6. The Morgan fingerprint density at radius 3 is 2.62 bits per heavy atom. The van der Waals surface area contributed by atoms with Crippen molar-refractivity contribution in [1.82, 2.24) is 15.5 Å². The summed E-state index contributed by atoms with van der Waals surface area (Å²) in [4.78, 5) is 22.3. The second-order valence-electron chi connectivity index (χ2n) is 5.10. The fraction of sp³-hybridized carbons (Fsp3) is 0.125. The van der Waals surface area contributed by atoms with Gasteiger partial charge in [0.15, 0.2) is 5.69 Å². The Morgan fingerprint density at radius 2 is 1.88 bits per heavy atom. The van der Waals surface area contributed by atoms with Crippen LogP contribution >= 0.6 is 0 Å². The summed E-state index contributed by atoms with van der Waals surface area (Å²) >= 11 is 0. The van der Waals surface area contributed by atoms with Crippen molar-refractivity contribution in [3.05, 3.63) is 64.3 Å². The van der Waals surface area contributed by atoms with E-state index in [0.717, 1.165) is 16.6 Å². The maximum Gasteiger partial charge on any atom is 0.272 e. The summed E-state index contributed by atoms with van der Waals surface area (Å²) in [6, 6.07) is 13.5. The lowest BCUT2D eigenvalue weighted by atomic mass is 10.2. The molecule has 8 nitrogen and oxygen atoms in total. The number of carbonyl (C=O) groups excluding carboxylic acids is 1. The van der Waals surface area contributed by atoms with Gasteiger partial charge in [-0.05, 0) is 18.2 Å². The zero-order valence-electron chi connectivity index (χ0n) is 12.7. The van der Waals surface area contributed by atoms with E-state index >= 15 is 0 Å². The van der Waals surface area contributed by atoms with Crippen LogP contribution in [0.2, 0.25) is 0 Å². The molecule has 24 heavy (non-hydrogen) atoms. The van der Waals surface area contributed by atoms with Crippen molar-refractivity contribution in [2.45, 2.75) is 0 Å². The topological polar surface area (TPSA) is 113 Å². The number of nitrogens with one attached hydrogen (secondary N) is 3. The fourth-order valence-corrected chi connectivity index (χ4v) is 2.30. The molecule has 0 saturated heterocycles. The molecular weight excluding hydrogens is 310 g/mol. The van der Waals surface area contributed by atoms with Crippen LogP contribution in [0.3, 0.4) is 0 Å². The molecule has 1 heterocycles. The highest BCUT2D eigenvalue weighted by atomic mass is 16.6. The number of H-pyrrole nitrogens is 1. The lowest BCUT2D eigenvalue weighted by Crippen LogP contribution is -2.29. The third-order valence-electron chi connectivity index (χ3n) is 3.50. The summed E-state index contributed by atoms with van der Waals surface area (Å²) in [7, 11) is 0. The van der Waals surface area contributed by atoms with E-state index < -0.39 is 4.92 Å². The van der Waals surface area contributed by atoms with Crippen molar-refractivity contribution < 1.29 is 9.72 Å². The number of para-hydroxylation sites is 1. The van der Waals surface area contributed by atoms with Gasteiger partial charge in [-0.3, -0.25) is 20.0 Å². The molecular formula is C16H15N5O3. The number of hydrogen-bond acceptors (Lipinski definition) is 5. The van der Waals surface area contributed by atoms with Gasteiger partial charge in [-0.1, -0.05) is 18.2 Å². The molecule has 0 aliphatic rings. The molecule has 0 bridgehead atoms. The minimum absolute atomic E-state index is 0.0410. The summed E-state index contributed by atoms with van der Waals surface area (Å²) < 4.78 is 0. The molecule has 0 saturated carbocycles. The second-order valence-corrected chi connectivity index (χ2v) is 5.10. The van der Waals surface area contributed by atoms with Crippen molar-refractivity contribution in [1.29, 1.82) is 0 Å². The number of anilines is 1. The molecule has 1 amide bonds. The molecule has 0 fully saturated rings. The summed E-state index contributed by atoms with van der Waals surface area (Å²) in [5.74, 6) is -0.252. The standard InChI is InChI=1S/C16H15N5O3/c22-16(15-13-3-1-2-4-14(13)19-20-15)18-10-9-17-11-5-7-12(8-6-11)21(23)24/h1-8,17H,9-10H2,(H,18,22)(H,19,20). The molecule has 2 aromatic carbocycles. The normalized spacial score (nSPS) is 10.5. The average molecular weight is 325 g/mol. The SMILES string of the molecule is O=C(NCCNc1ccc([N+](=O)[O-])cc1)c1n[nH]c2ccccc12. The Morgan fingerprint density at radius 1 is 1.12 bits per heavy atom. The van der Waals surface area contributed by atoms with E-state index in [9.17, 15) is 14.9 Å². The van der Waals surface area contributed by atoms with E-state index in [1.165, 1.54) is 12.1 Å². The molecule has 0 radical (unpaired) electrons. The molecule has 3 aromatic rings. The number of aromatic nitrogens is 2. The molecule has 122 valence electrons. The summed E-state index contributed by atoms with van der Waals surface area (Å²) in [6.45, 7) is 0.892. The smallest absolute Gasteiger partial charge is 0.272 e. The molecule has 8 heteroatoms. The Labute approximate surface area is 137 Å². The van der Waals surface area contributed by atoms with Crippen LogP contribution in [-0.2, 0) is 0 Å². The number of carbonyl (C=O) groups is 1. The maximum atomic E-state index is 12.2. The number of benzene rings is 2. The highest BCUT2D eigenvalue weighted by Crippen LogP contribution is 2.15. The predicted octanol–water partition coefficient (Wildman–Crippen LogP) is 2.31. The van der Waals surface area contributed by atoms with Crippen molar-refractivity contribution in [2.24, 2.45) is 0 Å². The number of aromatic amines is 1. The number of nitro groups is 1. The number of fused-ring (bicyclic) bond motifs is 1. The first-order chi connectivity index (χ1) is 11.6. The van der Waals surface area contributed by atoms with E-state index in [0.29, 0.717) is 18.8 Å². The monoisotopic (exact) mass is 325 g/mol. The quantitative estimate of drug-likeness (QED) is 0.366. The maximum absolute atomic E-state index is 12.2. The summed E-state index contributed by atoms with van der Waals surface area (Å²) in [6.07, 6.45) is 0. The van der Waals surface area contributed by atoms with Gasteiger partial charge in [0.1, 0.15) is 0 Å². The number of nitro benzene ring substituents is 1. The molecule has 3 rings (SSSR count). The first-order valence-corrected chi connectivity index (χ1v) is 7.35. The molecule has 0 atom stereocenters. The van der Waals surface area contributed by atoms with Crippen LogP contribution < -0.4 is 10.6 Å². The van der Waals surface area contributed by atoms with E-state index in [4.69, 9.17) is 0 Å². The van der Waals surface area contributed by atoms with Gasteiger partial charge >= 0.3 is 0 Å². The van der Waals surface area contributed by atoms with E-state index in [1.807, 2.05) is 24.3 Å². The van der Waals surface area contributed by atoms with Crippen LogP contribution in [0.5, 0.6) is 0 Å². The molecule has 0 unspecified atom stereocenters. The average Bonchev–Trinajstić information content (AvgIpc) is 3.03. The van der Waals surface area contributed by atoms with Crippen LogP contribution in [0.1, 0.15) is 10.5 Å². The highest BCUT2D eigenvalue weighted by molar-refractivity contribution is 6.04. The van der Waals surface area contributed by atoms with Gasteiger partial charge in [-0.15, -0.1) is 0 Å². The predicted molar refractivity (Wildman–Crippen MR) is 90.0 cm³/mol. The van der Waals surface area contributed by atoms with Crippen molar-refractivity contribution >= 4 is 28.2 Å². The van der Waals surface area contributed by atoms with Crippen molar-refractivity contribution in [3.63, 3.8) is 0 Å². The second kappa shape index (κ2) is 6.78. The number of hydrogen-bond donors (Lipinski definition) is 3. The Kier molecular flexibility index (Phi) is 4.37. The minimum Gasteiger partial charge on any atom is -0.383 e. The van der Waals surface area contributed by atoms with Crippen LogP contribution in [0.15, 0.2) is 48.5 Å². The Hall–Kier alpha value is -3.42. The zero-order chi connectivity index (χ0) is 16.9. The Balaban J connectivity index is 1.51. The Bertz CT molecular complexity index is 873. The van der Waals surface area contributed by atoms with Gasteiger partial charge in [0, 0.05) is 36.3 Å². The van der Waals surface area contributed by atoms with Crippen LogP contribution in [0, 0.1) is 10.1 Å². The van der Waals surface area contributed by atoms with E-state index in [1.54, 1.807) is 12.1 Å². The van der Waals surface area contributed by atoms with E-state index in [-0.39, 0.29) is 11.6 Å². The highest BCUT2D eigenvalue weighted by Gasteiger charge is 2.12. The fourth-order valence-electron chi connectivity index (χ4n) is 2.30. The first kappa shape index (κ1) is 15.5. The number of nitrogens with zero attached hydrogens (tertiary/aromatic N) is 2. The van der Waals surface area contributed by atoms with Gasteiger partial charge in [0.25, 0.3) is 11.6 Å². The third-order valence-corrected chi connectivity index (χ3v) is 3.50. The van der Waals surface area contributed by atoms with Crippen molar-refractivity contribution in [3.8, 4) is 0 Å². The van der Waals surface area contributed by atoms with Gasteiger partial charge in [0.05, 0.1) is 10.4 Å². The summed E-state index contributed by atoms with van der Waals surface area (Å²) in [5, 5.41) is 24.1. The van der Waals surface area contributed by atoms with Crippen LogP contribution in [-0.4, -0.2) is 34.1 Å². The molecule has 3 N–H and O–H groups in total. The lowest BCUT2D eigenvalue weighted by molar-refractivity contribution is -0.384. The number of non-ortho nitro benzene ring substituents is 1. The first-order valence-electron chi connectivity index (χ1n) is 7.35. The largest absolute Gasteiger partial charge is 0.383 e. The summed E-state index contributed by atoms with van der Waals surface area (Å²) in [5.41, 5.74) is 1.96. The van der Waals surface area contributed by atoms with Gasteiger partial charge in [0.2, 0.25) is 0 Å². The molecule has 1 aromatic heterocycles. The minimum atomic E-state index is -0.446. The van der Waals surface area contributed by atoms with Crippen molar-refractivity contribution in [2.75, 3.05) is 18.4 Å². The van der Waals surface area contributed by atoms with Crippen LogP contribution in [0.25, 0.3) is 10.9 Å². The van der Waals surface area contributed by atoms with Gasteiger partial charge in [-0.25, -0.2) is 0 Å². The lowest BCUT2D eigenvalue weighted by Gasteiger charge is -2.07. The van der Waals surface area contributed by atoms with Gasteiger partial charge in [-0.2, -0.15) is 5.10 Å². The molecule has 0 aliphatic carbocycles. The van der Waals surface area contributed by atoms with Gasteiger partial charge < -0.3 is 10.6 Å². The van der Waals surface area contributed by atoms with Crippen LogP contribution in [0.4, 0.5) is 11.4 Å². The molecule has 0 spiro atoms. The van der Waals surface area contributed by atoms with E-state index in [2.05, 4.69) is 20.8 Å². The molecule has 0 aliphatic heterocycles.